The standard InChI is InChI=1S/C23H18N4O2/c1-15(16-6-8-18(28)9-7-16)26-27-23(29)20-14-22(17-10-12-24-13-11-17)25-21-5-3-2-4-19(20)21/h2-14,28H,1H3,(H,27,29)/b26-15+. The number of amides is 1. The summed E-state index contributed by atoms with van der Waals surface area (Å²) in [7, 11) is 0. The third kappa shape index (κ3) is 3.96. The number of benzene rings is 2. The Hall–Kier alpha value is -4.06. The number of nitrogens with one attached hydrogen (secondary N) is 1. The van der Waals surface area contributed by atoms with Gasteiger partial charge in [0.05, 0.1) is 22.5 Å². The quantitative estimate of drug-likeness (QED) is 0.410. The van der Waals surface area contributed by atoms with Crippen LogP contribution in [0.3, 0.4) is 0 Å². The van der Waals surface area contributed by atoms with Crippen LogP contribution in [-0.2, 0) is 0 Å². The van der Waals surface area contributed by atoms with Gasteiger partial charge in [0, 0.05) is 23.3 Å². The molecule has 6 heteroatoms. The Bertz CT molecular complexity index is 1200. The van der Waals surface area contributed by atoms with E-state index in [1.807, 2.05) is 36.4 Å². The second kappa shape index (κ2) is 7.90. The summed E-state index contributed by atoms with van der Waals surface area (Å²) in [6.45, 7) is 1.79. The maximum atomic E-state index is 12.9. The van der Waals surface area contributed by atoms with Crippen molar-refractivity contribution in [1.29, 1.82) is 0 Å². The van der Waals surface area contributed by atoms with Crippen molar-refractivity contribution in [3.8, 4) is 17.0 Å². The summed E-state index contributed by atoms with van der Waals surface area (Å²) in [6, 6.07) is 19.6. The number of carbonyl (C=O) groups excluding carboxylic acids is 1. The number of hydrogen-bond donors (Lipinski definition) is 2. The zero-order valence-corrected chi connectivity index (χ0v) is 15.7. The highest BCUT2D eigenvalue weighted by Crippen LogP contribution is 2.24. The van der Waals surface area contributed by atoms with Gasteiger partial charge in [-0.1, -0.05) is 18.2 Å². The van der Waals surface area contributed by atoms with Crippen LogP contribution in [0, 0.1) is 0 Å². The summed E-state index contributed by atoms with van der Waals surface area (Å²) in [5.41, 5.74) is 6.85. The SMILES string of the molecule is C/C(=N\NC(=O)c1cc(-c2ccncc2)nc2ccccc12)c1ccc(O)cc1. The van der Waals surface area contributed by atoms with Crippen molar-refractivity contribution in [2.75, 3.05) is 0 Å². The number of nitrogens with zero attached hydrogens (tertiary/aromatic N) is 3. The van der Waals surface area contributed by atoms with Crippen LogP contribution in [0.2, 0.25) is 0 Å². The fourth-order valence-corrected chi connectivity index (χ4v) is 3.00. The highest BCUT2D eigenvalue weighted by Gasteiger charge is 2.14. The van der Waals surface area contributed by atoms with E-state index in [9.17, 15) is 9.90 Å². The fraction of sp³-hybridized carbons (Fsp3) is 0.0435. The van der Waals surface area contributed by atoms with Crippen molar-refractivity contribution < 1.29 is 9.90 Å². The van der Waals surface area contributed by atoms with E-state index in [2.05, 4.69) is 20.5 Å². The Labute approximate surface area is 167 Å². The first-order chi connectivity index (χ1) is 14.1. The first kappa shape index (κ1) is 18.3. The normalized spacial score (nSPS) is 11.4. The molecule has 0 saturated heterocycles. The number of fused-ring (bicyclic) bond motifs is 1. The number of rotatable bonds is 4. The predicted molar refractivity (Wildman–Crippen MR) is 113 cm³/mol. The second-order valence-electron chi connectivity index (χ2n) is 6.49. The molecular formula is C23H18N4O2. The van der Waals surface area contributed by atoms with E-state index in [1.54, 1.807) is 49.6 Å². The molecule has 0 aliphatic carbocycles. The molecule has 0 spiro atoms. The molecule has 4 rings (SSSR count). The minimum atomic E-state index is -0.322. The van der Waals surface area contributed by atoms with Gasteiger partial charge in [-0.15, -0.1) is 0 Å². The van der Waals surface area contributed by atoms with Crippen molar-refractivity contribution in [3.05, 3.63) is 90.3 Å². The molecule has 0 bridgehead atoms. The number of phenols is 1. The van der Waals surface area contributed by atoms with Gasteiger partial charge in [-0.2, -0.15) is 5.10 Å². The number of aromatic hydroxyl groups is 1. The van der Waals surface area contributed by atoms with E-state index in [0.29, 0.717) is 17.0 Å². The summed E-state index contributed by atoms with van der Waals surface area (Å²) in [6.07, 6.45) is 3.38. The molecule has 4 aromatic rings. The van der Waals surface area contributed by atoms with Crippen molar-refractivity contribution in [2.24, 2.45) is 5.10 Å². The Morgan fingerprint density at radius 1 is 1.00 bits per heavy atom. The highest BCUT2D eigenvalue weighted by molar-refractivity contribution is 6.08. The van der Waals surface area contributed by atoms with Gasteiger partial charge in [0.2, 0.25) is 0 Å². The van der Waals surface area contributed by atoms with E-state index in [4.69, 9.17) is 0 Å². The molecule has 0 atom stereocenters. The highest BCUT2D eigenvalue weighted by atomic mass is 16.3. The van der Waals surface area contributed by atoms with Gasteiger partial charge in [-0.3, -0.25) is 9.78 Å². The van der Waals surface area contributed by atoms with Crippen LogP contribution in [0.15, 0.2) is 84.2 Å². The van der Waals surface area contributed by atoms with Crippen LogP contribution in [-0.4, -0.2) is 26.7 Å². The van der Waals surface area contributed by atoms with E-state index >= 15 is 0 Å². The zero-order chi connectivity index (χ0) is 20.2. The van der Waals surface area contributed by atoms with E-state index in [-0.39, 0.29) is 11.7 Å². The number of para-hydroxylation sites is 1. The molecule has 142 valence electrons. The van der Waals surface area contributed by atoms with Crippen LogP contribution in [0.4, 0.5) is 0 Å². The topological polar surface area (TPSA) is 87.5 Å². The van der Waals surface area contributed by atoms with E-state index < -0.39 is 0 Å². The minimum Gasteiger partial charge on any atom is -0.508 e. The second-order valence-corrected chi connectivity index (χ2v) is 6.49. The Morgan fingerprint density at radius 3 is 2.48 bits per heavy atom. The lowest BCUT2D eigenvalue weighted by Gasteiger charge is -2.09. The first-order valence-corrected chi connectivity index (χ1v) is 9.06. The molecule has 2 aromatic carbocycles. The third-order valence-electron chi connectivity index (χ3n) is 4.55. The third-order valence-corrected chi connectivity index (χ3v) is 4.55. The summed E-state index contributed by atoms with van der Waals surface area (Å²) >= 11 is 0. The maximum absolute atomic E-state index is 12.9. The molecule has 1 amide bonds. The maximum Gasteiger partial charge on any atom is 0.272 e. The van der Waals surface area contributed by atoms with Gasteiger partial charge in [0.1, 0.15) is 5.75 Å². The Balaban J connectivity index is 1.69. The zero-order valence-electron chi connectivity index (χ0n) is 15.7. The van der Waals surface area contributed by atoms with Crippen molar-refractivity contribution >= 4 is 22.5 Å². The Morgan fingerprint density at radius 2 is 1.72 bits per heavy atom. The number of phenolic OH excluding ortho intramolecular Hbond substituents is 1. The van der Waals surface area contributed by atoms with Crippen LogP contribution in [0.1, 0.15) is 22.8 Å². The van der Waals surface area contributed by atoms with Crippen molar-refractivity contribution in [3.63, 3.8) is 0 Å². The molecule has 6 nitrogen and oxygen atoms in total. The lowest BCUT2D eigenvalue weighted by Crippen LogP contribution is -2.20. The fourth-order valence-electron chi connectivity index (χ4n) is 3.00. The Kier molecular flexibility index (Phi) is 4.99. The van der Waals surface area contributed by atoms with Crippen molar-refractivity contribution in [2.45, 2.75) is 6.92 Å². The monoisotopic (exact) mass is 382 g/mol. The van der Waals surface area contributed by atoms with Gasteiger partial charge >= 0.3 is 0 Å². The number of hydrogen-bond acceptors (Lipinski definition) is 5. The molecule has 2 aromatic heterocycles. The molecule has 0 aliphatic rings. The summed E-state index contributed by atoms with van der Waals surface area (Å²) in [5.74, 6) is -0.144. The number of hydrazone groups is 1. The lowest BCUT2D eigenvalue weighted by atomic mass is 10.0. The lowest BCUT2D eigenvalue weighted by molar-refractivity contribution is 0.0956. The average molecular weight is 382 g/mol. The molecule has 29 heavy (non-hydrogen) atoms. The number of pyridine rings is 2. The van der Waals surface area contributed by atoms with Gasteiger partial charge in [-0.05, 0) is 61.0 Å². The van der Waals surface area contributed by atoms with Crippen LogP contribution in [0.5, 0.6) is 5.75 Å². The molecule has 0 radical (unpaired) electrons. The van der Waals surface area contributed by atoms with Crippen LogP contribution < -0.4 is 5.43 Å². The molecule has 0 aliphatic heterocycles. The average Bonchev–Trinajstić information content (AvgIpc) is 2.77. The minimum absolute atomic E-state index is 0.178. The molecular weight excluding hydrogens is 364 g/mol. The summed E-state index contributed by atoms with van der Waals surface area (Å²) in [4.78, 5) is 21.6. The van der Waals surface area contributed by atoms with Gasteiger partial charge in [0.25, 0.3) is 5.91 Å². The first-order valence-electron chi connectivity index (χ1n) is 9.06. The van der Waals surface area contributed by atoms with Crippen molar-refractivity contribution in [1.82, 2.24) is 15.4 Å². The number of carbonyl (C=O) groups is 1. The van der Waals surface area contributed by atoms with Crippen LogP contribution >= 0.6 is 0 Å². The molecule has 0 unspecified atom stereocenters. The van der Waals surface area contributed by atoms with Gasteiger partial charge in [-0.25, -0.2) is 10.4 Å². The predicted octanol–water partition coefficient (Wildman–Crippen LogP) is 4.16. The van der Waals surface area contributed by atoms with E-state index in [1.165, 1.54) is 0 Å². The molecule has 2 N–H and O–H groups in total. The smallest absolute Gasteiger partial charge is 0.272 e. The molecule has 2 heterocycles. The number of aromatic nitrogens is 2. The molecule has 0 fully saturated rings. The summed E-state index contributed by atoms with van der Waals surface area (Å²) < 4.78 is 0. The van der Waals surface area contributed by atoms with Gasteiger partial charge in [0.15, 0.2) is 0 Å². The van der Waals surface area contributed by atoms with Crippen LogP contribution in [0.25, 0.3) is 22.2 Å². The summed E-state index contributed by atoms with van der Waals surface area (Å²) in [5, 5.41) is 14.4. The largest absolute Gasteiger partial charge is 0.508 e. The van der Waals surface area contributed by atoms with E-state index in [0.717, 1.165) is 22.0 Å². The molecule has 0 saturated carbocycles. The van der Waals surface area contributed by atoms with Gasteiger partial charge < -0.3 is 5.11 Å².